The lowest BCUT2D eigenvalue weighted by molar-refractivity contribution is -0.146. The van der Waals surface area contributed by atoms with E-state index < -0.39 is 11.5 Å². The molecular weight excluding hydrogens is 254 g/mol. The van der Waals surface area contributed by atoms with Gasteiger partial charge in [0, 0.05) is 13.0 Å². The molecule has 0 fully saturated rings. The number of carboxylic acid groups (broad SMARTS) is 1. The normalized spacial score (nSPS) is 15.6. The molecule has 0 saturated heterocycles. The number of ether oxygens (including phenoxy) is 1. The highest BCUT2D eigenvalue weighted by atomic mass is 16.5. The number of carbonyl (C=O) groups is 1. The van der Waals surface area contributed by atoms with Gasteiger partial charge in [0.25, 0.3) is 0 Å². The van der Waals surface area contributed by atoms with E-state index in [1.807, 2.05) is 44.2 Å². The fraction of sp³-hybridized carbons (Fsp3) is 0.562. The van der Waals surface area contributed by atoms with E-state index in [4.69, 9.17) is 4.74 Å². The van der Waals surface area contributed by atoms with E-state index in [9.17, 15) is 9.90 Å². The molecule has 0 aliphatic rings. The zero-order valence-corrected chi connectivity index (χ0v) is 12.6. The molecule has 0 radical (unpaired) electrons. The van der Waals surface area contributed by atoms with Gasteiger partial charge in [-0.25, -0.2) is 4.79 Å². The molecule has 0 spiro atoms. The maximum absolute atomic E-state index is 11.8. The van der Waals surface area contributed by atoms with Crippen LogP contribution in [0, 0.1) is 0 Å². The zero-order chi connectivity index (χ0) is 15.0. The number of nitrogens with one attached hydrogen (secondary N) is 1. The first-order chi connectivity index (χ1) is 9.56. The minimum Gasteiger partial charge on any atom is -0.480 e. The Balaban J connectivity index is 2.92. The van der Waals surface area contributed by atoms with Crippen LogP contribution in [-0.4, -0.2) is 30.3 Å². The van der Waals surface area contributed by atoms with E-state index >= 15 is 0 Å². The molecule has 0 aromatic heterocycles. The first-order valence-electron chi connectivity index (χ1n) is 7.22. The number of likely N-dealkylation sites (N-methyl/N-ethyl adjacent to an activating group) is 1. The third kappa shape index (κ3) is 4.05. The number of hydrogen-bond donors (Lipinski definition) is 2. The average molecular weight is 279 g/mol. The monoisotopic (exact) mass is 279 g/mol. The molecular formula is C16H25NO3. The molecule has 0 saturated carbocycles. The third-order valence-electron chi connectivity index (χ3n) is 3.56. The van der Waals surface area contributed by atoms with Gasteiger partial charge in [0.15, 0.2) is 0 Å². The minimum atomic E-state index is -1.08. The summed E-state index contributed by atoms with van der Waals surface area (Å²) in [7, 11) is 0. The van der Waals surface area contributed by atoms with Gasteiger partial charge >= 0.3 is 5.97 Å². The summed E-state index contributed by atoms with van der Waals surface area (Å²) >= 11 is 0. The predicted octanol–water partition coefficient (Wildman–Crippen LogP) is 2.78. The summed E-state index contributed by atoms with van der Waals surface area (Å²) < 4.78 is 5.66. The first kappa shape index (κ1) is 16.7. The van der Waals surface area contributed by atoms with Crippen molar-refractivity contribution >= 4 is 5.97 Å². The van der Waals surface area contributed by atoms with Crippen LogP contribution in [0.5, 0.6) is 0 Å². The molecule has 1 aromatic carbocycles. The Morgan fingerprint density at radius 1 is 1.35 bits per heavy atom. The van der Waals surface area contributed by atoms with Crippen molar-refractivity contribution in [1.29, 1.82) is 0 Å². The van der Waals surface area contributed by atoms with Gasteiger partial charge < -0.3 is 9.84 Å². The van der Waals surface area contributed by atoms with E-state index in [0.717, 1.165) is 12.0 Å². The molecule has 0 aliphatic heterocycles. The fourth-order valence-corrected chi connectivity index (χ4v) is 2.20. The SMILES string of the molecule is CCNC(CCOC(C)CC)(C(=O)O)c1ccccc1. The summed E-state index contributed by atoms with van der Waals surface area (Å²) in [6.45, 7) is 6.97. The molecule has 0 bridgehead atoms. The van der Waals surface area contributed by atoms with E-state index in [-0.39, 0.29) is 6.10 Å². The predicted molar refractivity (Wildman–Crippen MR) is 79.8 cm³/mol. The largest absolute Gasteiger partial charge is 0.480 e. The summed E-state index contributed by atoms with van der Waals surface area (Å²) in [6.07, 6.45) is 1.48. The molecule has 2 atom stereocenters. The second-order valence-corrected chi connectivity index (χ2v) is 4.95. The smallest absolute Gasteiger partial charge is 0.328 e. The maximum Gasteiger partial charge on any atom is 0.328 e. The lowest BCUT2D eigenvalue weighted by atomic mass is 9.86. The Labute approximate surface area is 121 Å². The van der Waals surface area contributed by atoms with Gasteiger partial charge in [-0.2, -0.15) is 0 Å². The van der Waals surface area contributed by atoms with Crippen LogP contribution < -0.4 is 5.32 Å². The summed E-state index contributed by atoms with van der Waals surface area (Å²) in [4.78, 5) is 11.8. The van der Waals surface area contributed by atoms with Gasteiger partial charge in [0.05, 0.1) is 6.10 Å². The molecule has 4 heteroatoms. The number of rotatable bonds is 9. The van der Waals surface area contributed by atoms with Crippen molar-refractivity contribution in [2.45, 2.75) is 45.3 Å². The van der Waals surface area contributed by atoms with Crippen molar-refractivity contribution in [3.05, 3.63) is 35.9 Å². The average Bonchev–Trinajstić information content (AvgIpc) is 2.46. The van der Waals surface area contributed by atoms with Gasteiger partial charge in [-0.1, -0.05) is 44.2 Å². The summed E-state index contributed by atoms with van der Waals surface area (Å²) in [5.41, 5.74) is -0.314. The standard InChI is InChI=1S/C16H25NO3/c1-4-13(3)20-12-11-16(15(18)19,17-5-2)14-9-7-6-8-10-14/h6-10,13,17H,4-5,11-12H2,1-3H3,(H,18,19). The van der Waals surface area contributed by atoms with Crippen molar-refractivity contribution < 1.29 is 14.6 Å². The Morgan fingerprint density at radius 2 is 2.00 bits per heavy atom. The fourth-order valence-electron chi connectivity index (χ4n) is 2.20. The van der Waals surface area contributed by atoms with Crippen LogP contribution >= 0.6 is 0 Å². The van der Waals surface area contributed by atoms with Crippen molar-refractivity contribution in [1.82, 2.24) is 5.32 Å². The number of hydrogen-bond acceptors (Lipinski definition) is 3. The van der Waals surface area contributed by atoms with Crippen LogP contribution in [0.2, 0.25) is 0 Å². The maximum atomic E-state index is 11.8. The van der Waals surface area contributed by atoms with Crippen molar-refractivity contribution in [3.63, 3.8) is 0 Å². The van der Waals surface area contributed by atoms with Crippen molar-refractivity contribution in [2.24, 2.45) is 0 Å². The number of aliphatic carboxylic acids is 1. The molecule has 112 valence electrons. The quantitative estimate of drug-likeness (QED) is 0.730. The second-order valence-electron chi connectivity index (χ2n) is 4.95. The highest BCUT2D eigenvalue weighted by Gasteiger charge is 2.39. The number of benzene rings is 1. The first-order valence-corrected chi connectivity index (χ1v) is 7.22. The van der Waals surface area contributed by atoms with Crippen molar-refractivity contribution in [2.75, 3.05) is 13.2 Å². The Morgan fingerprint density at radius 3 is 2.50 bits per heavy atom. The highest BCUT2D eigenvalue weighted by Crippen LogP contribution is 2.26. The van der Waals surface area contributed by atoms with E-state index in [1.165, 1.54) is 0 Å². The Bertz CT molecular complexity index is 407. The van der Waals surface area contributed by atoms with E-state index in [2.05, 4.69) is 12.2 Å². The molecule has 0 heterocycles. The van der Waals surface area contributed by atoms with Crippen LogP contribution in [0.4, 0.5) is 0 Å². The summed E-state index contributed by atoms with van der Waals surface area (Å²) in [5.74, 6) is -0.863. The third-order valence-corrected chi connectivity index (χ3v) is 3.56. The molecule has 2 N–H and O–H groups in total. The van der Waals surface area contributed by atoms with E-state index in [0.29, 0.717) is 19.6 Å². The summed E-state index contributed by atoms with van der Waals surface area (Å²) in [5, 5.41) is 12.8. The molecule has 0 amide bonds. The van der Waals surface area contributed by atoms with Crippen LogP contribution in [0.1, 0.15) is 39.2 Å². The second kappa shape index (κ2) is 8.02. The molecule has 0 aliphatic carbocycles. The van der Waals surface area contributed by atoms with Gasteiger partial charge in [-0.05, 0) is 25.5 Å². The van der Waals surface area contributed by atoms with Crippen LogP contribution in [-0.2, 0) is 15.1 Å². The highest BCUT2D eigenvalue weighted by molar-refractivity contribution is 5.80. The zero-order valence-electron chi connectivity index (χ0n) is 12.6. The minimum absolute atomic E-state index is 0.152. The lowest BCUT2D eigenvalue weighted by Crippen LogP contribution is -2.50. The van der Waals surface area contributed by atoms with Gasteiger partial charge in [0.2, 0.25) is 0 Å². The summed E-state index contributed by atoms with van der Waals surface area (Å²) in [6, 6.07) is 9.30. The topological polar surface area (TPSA) is 58.6 Å². The molecule has 20 heavy (non-hydrogen) atoms. The molecule has 2 unspecified atom stereocenters. The van der Waals surface area contributed by atoms with Gasteiger partial charge in [-0.15, -0.1) is 0 Å². The molecule has 4 nitrogen and oxygen atoms in total. The lowest BCUT2D eigenvalue weighted by Gasteiger charge is -2.31. The van der Waals surface area contributed by atoms with Gasteiger partial charge in [0.1, 0.15) is 5.54 Å². The van der Waals surface area contributed by atoms with Crippen LogP contribution in [0.25, 0.3) is 0 Å². The van der Waals surface area contributed by atoms with Gasteiger partial charge in [-0.3, -0.25) is 5.32 Å². The Hall–Kier alpha value is -1.39. The Kier molecular flexibility index (Phi) is 6.68. The van der Waals surface area contributed by atoms with Crippen molar-refractivity contribution in [3.8, 4) is 0 Å². The van der Waals surface area contributed by atoms with Crippen LogP contribution in [0.3, 0.4) is 0 Å². The van der Waals surface area contributed by atoms with Crippen LogP contribution in [0.15, 0.2) is 30.3 Å². The van der Waals surface area contributed by atoms with E-state index in [1.54, 1.807) is 0 Å². The molecule has 1 aromatic rings. The molecule has 1 rings (SSSR count). The number of carboxylic acids is 1.